The predicted molar refractivity (Wildman–Crippen MR) is 56.9 cm³/mol. The van der Waals surface area contributed by atoms with Crippen LogP contribution < -0.4 is 4.74 Å². The molecule has 0 fully saturated rings. The maximum absolute atomic E-state index is 5.58. The predicted octanol–water partition coefficient (Wildman–Crippen LogP) is 2.13. The summed E-state index contributed by atoms with van der Waals surface area (Å²) >= 11 is 0. The number of aromatic nitrogens is 3. The molecule has 0 aliphatic carbocycles. The number of nitrogens with zero attached hydrogens (tertiary/aromatic N) is 2. The summed E-state index contributed by atoms with van der Waals surface area (Å²) in [6, 6.07) is 5.72. The molecule has 2 heterocycles. The third kappa shape index (κ3) is 1.52. The molecule has 0 amide bonds. The fraction of sp³-hybridized carbons (Fsp3) is 0.0909. The van der Waals surface area contributed by atoms with E-state index >= 15 is 0 Å². The van der Waals surface area contributed by atoms with Gasteiger partial charge in [0, 0.05) is 0 Å². The molecule has 0 spiro atoms. The maximum Gasteiger partial charge on any atom is 0.232 e. The third-order valence-corrected chi connectivity index (χ3v) is 2.25. The van der Waals surface area contributed by atoms with Gasteiger partial charge in [-0.15, -0.1) is 0 Å². The van der Waals surface area contributed by atoms with E-state index in [0.29, 0.717) is 12.5 Å². The third-order valence-electron chi connectivity index (χ3n) is 2.25. The monoisotopic (exact) mass is 215 g/mol. The fourth-order valence-electron chi connectivity index (χ4n) is 1.52. The molecular formula is C11H9N3O2. The number of fused-ring (bicyclic) bond motifs is 1. The molecule has 3 aromatic rings. The minimum absolute atomic E-state index is 0.305. The van der Waals surface area contributed by atoms with Crippen LogP contribution in [0.15, 0.2) is 41.4 Å². The molecule has 0 saturated carbocycles. The van der Waals surface area contributed by atoms with E-state index in [1.54, 1.807) is 12.5 Å². The van der Waals surface area contributed by atoms with Crippen molar-refractivity contribution in [2.45, 2.75) is 6.61 Å². The first-order chi connectivity index (χ1) is 7.93. The van der Waals surface area contributed by atoms with E-state index in [-0.39, 0.29) is 0 Å². The van der Waals surface area contributed by atoms with E-state index in [1.807, 2.05) is 18.2 Å². The summed E-state index contributed by atoms with van der Waals surface area (Å²) in [5.41, 5.74) is 1.76. The molecule has 5 heteroatoms. The van der Waals surface area contributed by atoms with E-state index in [4.69, 9.17) is 9.15 Å². The summed E-state index contributed by atoms with van der Waals surface area (Å²) in [5, 5.41) is 0. The fourth-order valence-corrected chi connectivity index (χ4v) is 1.52. The van der Waals surface area contributed by atoms with Gasteiger partial charge >= 0.3 is 0 Å². The number of aromatic amines is 1. The Hall–Kier alpha value is -2.30. The average Bonchev–Trinajstić information content (AvgIpc) is 2.97. The number of nitrogens with one attached hydrogen (secondary N) is 1. The number of imidazole rings is 1. The molecule has 2 aromatic heterocycles. The second-order valence-electron chi connectivity index (χ2n) is 3.27. The Morgan fingerprint density at radius 3 is 3.19 bits per heavy atom. The molecule has 1 aromatic carbocycles. The van der Waals surface area contributed by atoms with E-state index in [1.165, 1.54) is 6.26 Å². The summed E-state index contributed by atoms with van der Waals surface area (Å²) in [7, 11) is 0. The van der Waals surface area contributed by atoms with Crippen molar-refractivity contribution < 1.29 is 9.15 Å². The number of rotatable bonds is 3. The highest BCUT2D eigenvalue weighted by Crippen LogP contribution is 2.22. The van der Waals surface area contributed by atoms with Crippen molar-refractivity contribution in [3.05, 3.63) is 42.9 Å². The summed E-state index contributed by atoms with van der Waals surface area (Å²) in [4.78, 5) is 11.2. The van der Waals surface area contributed by atoms with Crippen LogP contribution in [0, 0.1) is 0 Å². The van der Waals surface area contributed by atoms with Crippen LogP contribution in [0.4, 0.5) is 0 Å². The van der Waals surface area contributed by atoms with Crippen molar-refractivity contribution in [2.75, 3.05) is 0 Å². The molecule has 3 rings (SSSR count). The average molecular weight is 215 g/mol. The Morgan fingerprint density at radius 2 is 2.31 bits per heavy atom. The van der Waals surface area contributed by atoms with Crippen LogP contribution in [0.3, 0.4) is 0 Å². The van der Waals surface area contributed by atoms with Crippen LogP contribution >= 0.6 is 0 Å². The maximum atomic E-state index is 5.58. The largest absolute Gasteiger partial charge is 0.482 e. The van der Waals surface area contributed by atoms with Crippen LogP contribution in [0.5, 0.6) is 5.75 Å². The standard InChI is InChI=1S/C11H9N3O2/c1-2-8-11(14-7-13-8)9(3-1)16-6-10-12-4-5-15-10/h1-5,7H,6H2,(H,13,14). The molecule has 5 nitrogen and oxygen atoms in total. The van der Waals surface area contributed by atoms with E-state index in [0.717, 1.165) is 16.8 Å². The van der Waals surface area contributed by atoms with Crippen molar-refractivity contribution in [3.63, 3.8) is 0 Å². The summed E-state index contributed by atoms with van der Waals surface area (Å²) in [5.74, 6) is 1.27. The van der Waals surface area contributed by atoms with Crippen LogP contribution in [-0.2, 0) is 6.61 Å². The van der Waals surface area contributed by atoms with E-state index < -0.39 is 0 Å². The van der Waals surface area contributed by atoms with Crippen molar-refractivity contribution in [1.29, 1.82) is 0 Å². The molecule has 1 N–H and O–H groups in total. The smallest absolute Gasteiger partial charge is 0.232 e. The van der Waals surface area contributed by atoms with Gasteiger partial charge < -0.3 is 14.1 Å². The first-order valence-corrected chi connectivity index (χ1v) is 4.87. The highest BCUT2D eigenvalue weighted by atomic mass is 16.5. The van der Waals surface area contributed by atoms with Gasteiger partial charge in [0.2, 0.25) is 5.89 Å². The summed E-state index contributed by atoms with van der Waals surface area (Å²) in [6.07, 6.45) is 4.75. The number of oxazole rings is 1. The minimum atomic E-state index is 0.305. The van der Waals surface area contributed by atoms with Crippen molar-refractivity contribution in [1.82, 2.24) is 15.0 Å². The number of H-pyrrole nitrogens is 1. The molecule has 0 aliphatic heterocycles. The lowest BCUT2D eigenvalue weighted by molar-refractivity contribution is 0.265. The lowest BCUT2D eigenvalue weighted by Gasteiger charge is -2.03. The second-order valence-corrected chi connectivity index (χ2v) is 3.27. The SMILES string of the molecule is c1cc(OCc2ncco2)c2nc[nH]c2c1. The topological polar surface area (TPSA) is 63.9 Å². The molecule has 0 bridgehead atoms. The number of ether oxygens (including phenoxy) is 1. The van der Waals surface area contributed by atoms with Crippen molar-refractivity contribution >= 4 is 11.0 Å². The van der Waals surface area contributed by atoms with Crippen LogP contribution in [-0.4, -0.2) is 15.0 Å². The van der Waals surface area contributed by atoms with Crippen LogP contribution in [0.2, 0.25) is 0 Å². The molecule has 0 saturated heterocycles. The normalized spacial score (nSPS) is 10.8. The molecule has 0 aliphatic rings. The zero-order chi connectivity index (χ0) is 10.8. The number of para-hydroxylation sites is 1. The van der Waals surface area contributed by atoms with Crippen LogP contribution in [0.25, 0.3) is 11.0 Å². The molecule has 80 valence electrons. The lowest BCUT2D eigenvalue weighted by atomic mass is 10.3. The van der Waals surface area contributed by atoms with Gasteiger partial charge in [-0.1, -0.05) is 6.07 Å². The van der Waals surface area contributed by atoms with Gasteiger partial charge in [-0.3, -0.25) is 0 Å². The zero-order valence-electron chi connectivity index (χ0n) is 8.38. The van der Waals surface area contributed by atoms with E-state index in [9.17, 15) is 0 Å². The van der Waals surface area contributed by atoms with Crippen molar-refractivity contribution in [3.8, 4) is 5.75 Å². The number of hydrogen-bond donors (Lipinski definition) is 1. The number of benzene rings is 1. The molecule has 0 atom stereocenters. The molecule has 0 radical (unpaired) electrons. The quantitative estimate of drug-likeness (QED) is 0.726. The van der Waals surface area contributed by atoms with Crippen LogP contribution in [0.1, 0.15) is 5.89 Å². The Kier molecular flexibility index (Phi) is 2.07. The lowest BCUT2D eigenvalue weighted by Crippen LogP contribution is -1.95. The first-order valence-electron chi connectivity index (χ1n) is 4.87. The molecular weight excluding hydrogens is 206 g/mol. The summed E-state index contributed by atoms with van der Waals surface area (Å²) < 4.78 is 10.7. The number of hydrogen-bond acceptors (Lipinski definition) is 4. The molecule has 16 heavy (non-hydrogen) atoms. The van der Waals surface area contributed by atoms with Gasteiger partial charge in [0.15, 0.2) is 6.61 Å². The Morgan fingerprint density at radius 1 is 1.31 bits per heavy atom. The first kappa shape index (κ1) is 8.96. The Balaban J connectivity index is 1.86. The van der Waals surface area contributed by atoms with E-state index in [2.05, 4.69) is 15.0 Å². The van der Waals surface area contributed by atoms with Gasteiger partial charge in [-0.05, 0) is 12.1 Å². The Bertz CT molecular complexity index is 586. The van der Waals surface area contributed by atoms with Gasteiger partial charge in [0.1, 0.15) is 17.5 Å². The highest BCUT2D eigenvalue weighted by molar-refractivity contribution is 5.80. The highest BCUT2D eigenvalue weighted by Gasteiger charge is 2.05. The van der Waals surface area contributed by atoms with Gasteiger partial charge in [0.05, 0.1) is 18.0 Å². The summed E-state index contributed by atoms with van der Waals surface area (Å²) in [6.45, 7) is 0.305. The zero-order valence-corrected chi connectivity index (χ0v) is 8.38. The van der Waals surface area contributed by atoms with Gasteiger partial charge in [-0.25, -0.2) is 9.97 Å². The Labute approximate surface area is 91.1 Å². The van der Waals surface area contributed by atoms with Gasteiger partial charge in [-0.2, -0.15) is 0 Å². The van der Waals surface area contributed by atoms with Gasteiger partial charge in [0.25, 0.3) is 0 Å². The second kappa shape index (κ2) is 3.69. The minimum Gasteiger partial charge on any atom is -0.482 e. The molecule has 0 unspecified atom stereocenters. The van der Waals surface area contributed by atoms with Crippen molar-refractivity contribution in [2.24, 2.45) is 0 Å².